The van der Waals surface area contributed by atoms with Gasteiger partial charge in [-0.1, -0.05) is 23.8 Å². The lowest BCUT2D eigenvalue weighted by atomic mass is 10.1. The summed E-state index contributed by atoms with van der Waals surface area (Å²) < 4.78 is 39.1. The Bertz CT molecular complexity index is 689. The van der Waals surface area contributed by atoms with Crippen LogP contribution in [-0.4, -0.2) is 9.97 Å². The standard InChI is InChI=1S/C13H9ClF3N3S/c14-7-1-2-10(9(5-7)13(15,16)17)20-11-6-19-4-3-8(11)12(18)21/h1-6,20H,(H2,18,21). The zero-order valence-corrected chi connectivity index (χ0v) is 12.0. The van der Waals surface area contributed by atoms with Crippen molar-refractivity contribution < 1.29 is 13.2 Å². The molecule has 3 nitrogen and oxygen atoms in total. The molecule has 0 saturated carbocycles. The lowest BCUT2D eigenvalue weighted by molar-refractivity contribution is -0.136. The number of alkyl halides is 3. The molecule has 110 valence electrons. The maximum atomic E-state index is 13.0. The first-order chi connectivity index (χ1) is 9.79. The summed E-state index contributed by atoms with van der Waals surface area (Å²) in [5.41, 5.74) is 5.19. The van der Waals surface area contributed by atoms with Crippen LogP contribution >= 0.6 is 23.8 Å². The maximum Gasteiger partial charge on any atom is 0.418 e. The Labute approximate surface area is 128 Å². The second-order valence-corrected chi connectivity index (χ2v) is 4.97. The van der Waals surface area contributed by atoms with E-state index in [0.29, 0.717) is 5.56 Å². The van der Waals surface area contributed by atoms with Gasteiger partial charge in [0.2, 0.25) is 0 Å². The smallest absolute Gasteiger partial charge is 0.389 e. The topological polar surface area (TPSA) is 50.9 Å². The van der Waals surface area contributed by atoms with Gasteiger partial charge in [-0.15, -0.1) is 0 Å². The number of nitrogens with one attached hydrogen (secondary N) is 1. The second-order valence-electron chi connectivity index (χ2n) is 4.10. The number of thiocarbonyl (C=S) groups is 1. The molecule has 2 aromatic rings. The summed E-state index contributed by atoms with van der Waals surface area (Å²) in [5.74, 6) is 0. The fourth-order valence-electron chi connectivity index (χ4n) is 1.71. The quantitative estimate of drug-likeness (QED) is 0.830. The van der Waals surface area contributed by atoms with Crippen LogP contribution in [0.1, 0.15) is 11.1 Å². The van der Waals surface area contributed by atoms with Crippen LogP contribution in [-0.2, 0) is 6.18 Å². The molecule has 0 radical (unpaired) electrons. The highest BCUT2D eigenvalue weighted by molar-refractivity contribution is 7.80. The van der Waals surface area contributed by atoms with Crippen molar-refractivity contribution in [1.82, 2.24) is 4.98 Å². The molecular formula is C13H9ClF3N3S. The van der Waals surface area contributed by atoms with Gasteiger partial charge in [-0.2, -0.15) is 13.2 Å². The predicted molar refractivity (Wildman–Crippen MR) is 79.9 cm³/mol. The summed E-state index contributed by atoms with van der Waals surface area (Å²) in [6.07, 6.45) is -1.74. The Balaban J connectivity index is 2.48. The first-order valence-electron chi connectivity index (χ1n) is 5.66. The van der Waals surface area contributed by atoms with E-state index in [1.165, 1.54) is 30.6 Å². The van der Waals surface area contributed by atoms with E-state index in [4.69, 9.17) is 29.6 Å². The number of hydrogen-bond acceptors (Lipinski definition) is 3. The molecule has 0 aliphatic carbocycles. The van der Waals surface area contributed by atoms with Crippen molar-refractivity contribution >= 4 is 40.2 Å². The number of hydrogen-bond donors (Lipinski definition) is 2. The minimum Gasteiger partial charge on any atom is -0.389 e. The molecule has 0 bridgehead atoms. The average Bonchev–Trinajstić information content (AvgIpc) is 2.40. The molecule has 1 heterocycles. The Kier molecular flexibility index (Phi) is 4.34. The van der Waals surface area contributed by atoms with Crippen LogP contribution in [0.2, 0.25) is 5.02 Å². The average molecular weight is 332 g/mol. The largest absolute Gasteiger partial charge is 0.418 e. The molecule has 21 heavy (non-hydrogen) atoms. The number of halogens is 4. The minimum absolute atomic E-state index is 0.00590. The van der Waals surface area contributed by atoms with E-state index in [2.05, 4.69) is 10.3 Å². The van der Waals surface area contributed by atoms with Gasteiger partial charge < -0.3 is 11.1 Å². The highest BCUT2D eigenvalue weighted by Crippen LogP contribution is 2.37. The molecule has 2 rings (SSSR count). The van der Waals surface area contributed by atoms with Crippen LogP contribution in [0, 0.1) is 0 Å². The Morgan fingerprint density at radius 2 is 1.95 bits per heavy atom. The number of pyridine rings is 1. The minimum atomic E-state index is -4.54. The second kappa shape index (κ2) is 5.87. The van der Waals surface area contributed by atoms with E-state index in [1.807, 2.05) is 0 Å². The van der Waals surface area contributed by atoms with Gasteiger partial charge in [0.1, 0.15) is 4.99 Å². The van der Waals surface area contributed by atoms with Crippen LogP contribution in [0.5, 0.6) is 0 Å². The van der Waals surface area contributed by atoms with Crippen molar-refractivity contribution in [2.24, 2.45) is 5.73 Å². The fraction of sp³-hybridized carbons (Fsp3) is 0.0769. The number of nitrogens with zero attached hydrogens (tertiary/aromatic N) is 1. The summed E-state index contributed by atoms with van der Waals surface area (Å²) in [7, 11) is 0. The molecule has 0 aliphatic rings. The fourth-order valence-corrected chi connectivity index (χ4v) is 2.06. The number of anilines is 2. The molecule has 1 aromatic heterocycles. The van der Waals surface area contributed by atoms with Gasteiger partial charge in [-0.25, -0.2) is 0 Å². The van der Waals surface area contributed by atoms with Crippen LogP contribution < -0.4 is 11.1 Å². The lowest BCUT2D eigenvalue weighted by Gasteiger charge is -2.16. The van der Waals surface area contributed by atoms with E-state index in [-0.39, 0.29) is 21.4 Å². The van der Waals surface area contributed by atoms with Crippen molar-refractivity contribution in [2.75, 3.05) is 5.32 Å². The van der Waals surface area contributed by atoms with Gasteiger partial charge in [0.05, 0.1) is 23.1 Å². The van der Waals surface area contributed by atoms with Gasteiger partial charge in [-0.05, 0) is 24.3 Å². The van der Waals surface area contributed by atoms with Crippen molar-refractivity contribution in [3.63, 3.8) is 0 Å². The molecule has 0 amide bonds. The summed E-state index contributed by atoms with van der Waals surface area (Å²) >= 11 is 10.5. The molecule has 0 spiro atoms. The molecule has 3 N–H and O–H groups in total. The number of nitrogens with two attached hydrogens (primary N) is 1. The molecule has 0 fully saturated rings. The third kappa shape index (κ3) is 3.62. The molecule has 0 atom stereocenters. The molecule has 0 aliphatic heterocycles. The van der Waals surface area contributed by atoms with Gasteiger partial charge in [0, 0.05) is 16.8 Å². The molecule has 0 unspecified atom stereocenters. The first-order valence-corrected chi connectivity index (χ1v) is 6.45. The highest BCUT2D eigenvalue weighted by atomic mass is 35.5. The summed E-state index contributed by atoms with van der Waals surface area (Å²) in [6.45, 7) is 0. The summed E-state index contributed by atoms with van der Waals surface area (Å²) in [4.78, 5) is 3.91. The van der Waals surface area contributed by atoms with Crippen LogP contribution in [0.25, 0.3) is 0 Å². The highest BCUT2D eigenvalue weighted by Gasteiger charge is 2.34. The number of rotatable bonds is 3. The normalized spacial score (nSPS) is 11.2. The van der Waals surface area contributed by atoms with Crippen molar-refractivity contribution in [3.05, 3.63) is 52.8 Å². The first kappa shape index (κ1) is 15.5. The van der Waals surface area contributed by atoms with E-state index in [9.17, 15) is 13.2 Å². The van der Waals surface area contributed by atoms with Crippen LogP contribution in [0.3, 0.4) is 0 Å². The van der Waals surface area contributed by atoms with Gasteiger partial charge in [0.25, 0.3) is 0 Å². The van der Waals surface area contributed by atoms with E-state index >= 15 is 0 Å². The monoisotopic (exact) mass is 331 g/mol. The Hall–Kier alpha value is -1.86. The zero-order chi connectivity index (χ0) is 15.6. The van der Waals surface area contributed by atoms with E-state index < -0.39 is 11.7 Å². The van der Waals surface area contributed by atoms with Crippen molar-refractivity contribution in [3.8, 4) is 0 Å². The van der Waals surface area contributed by atoms with Gasteiger partial charge >= 0.3 is 6.18 Å². The van der Waals surface area contributed by atoms with Crippen molar-refractivity contribution in [2.45, 2.75) is 6.18 Å². The number of aromatic nitrogens is 1. The molecule has 8 heteroatoms. The van der Waals surface area contributed by atoms with Crippen LogP contribution in [0.15, 0.2) is 36.7 Å². The third-order valence-corrected chi connectivity index (χ3v) is 3.10. The zero-order valence-electron chi connectivity index (χ0n) is 10.4. The van der Waals surface area contributed by atoms with Crippen LogP contribution in [0.4, 0.5) is 24.5 Å². The maximum absolute atomic E-state index is 13.0. The number of benzene rings is 1. The Morgan fingerprint density at radius 1 is 1.24 bits per heavy atom. The Morgan fingerprint density at radius 3 is 2.57 bits per heavy atom. The predicted octanol–water partition coefficient (Wildman–Crippen LogP) is 4.13. The van der Waals surface area contributed by atoms with E-state index in [1.54, 1.807) is 0 Å². The molecular weight excluding hydrogens is 323 g/mol. The molecule has 0 saturated heterocycles. The molecule has 1 aromatic carbocycles. The van der Waals surface area contributed by atoms with Gasteiger partial charge in [0.15, 0.2) is 0 Å². The third-order valence-electron chi connectivity index (χ3n) is 2.64. The lowest BCUT2D eigenvalue weighted by Crippen LogP contribution is -2.14. The van der Waals surface area contributed by atoms with Gasteiger partial charge in [-0.3, -0.25) is 4.98 Å². The summed E-state index contributed by atoms with van der Waals surface area (Å²) in [6, 6.07) is 4.96. The summed E-state index contributed by atoms with van der Waals surface area (Å²) in [5, 5.41) is 2.64. The SMILES string of the molecule is NC(=S)c1ccncc1Nc1ccc(Cl)cc1C(F)(F)F. The van der Waals surface area contributed by atoms with E-state index in [0.717, 1.165) is 6.07 Å². The van der Waals surface area contributed by atoms with Crippen molar-refractivity contribution in [1.29, 1.82) is 0 Å².